The molecule has 0 aliphatic heterocycles. The molecule has 0 saturated heterocycles. The van der Waals surface area contributed by atoms with Crippen LogP contribution in [0.2, 0.25) is 0 Å². The summed E-state index contributed by atoms with van der Waals surface area (Å²) >= 11 is 0. The molecule has 13 heteroatoms. The Morgan fingerprint density at radius 2 is 0.882 bits per heavy atom. The number of rotatable bonds is 6. The van der Waals surface area contributed by atoms with E-state index in [4.69, 9.17) is 4.42 Å². The second kappa shape index (κ2) is 20.9. The molecule has 360 valence electrons. The minimum absolute atomic E-state index is 0. The minimum atomic E-state index is 0. The maximum absolute atomic E-state index is 5.99. The van der Waals surface area contributed by atoms with Crippen LogP contribution in [0.25, 0.3) is 122 Å². The molecule has 0 fully saturated rings. The third-order valence-electron chi connectivity index (χ3n) is 13.0. The molecule has 0 spiro atoms. The first-order chi connectivity index (χ1) is 37.2. The van der Waals surface area contributed by atoms with Crippen molar-refractivity contribution in [3.63, 3.8) is 0 Å². The minimum Gasteiger partial charge on any atom is -0.486 e. The maximum Gasteiger partial charge on any atom is 3.00 e. The van der Waals surface area contributed by atoms with E-state index in [-0.39, 0.29) is 20.1 Å². The molecule has 12 nitrogen and oxygen atoms in total. The van der Waals surface area contributed by atoms with E-state index < -0.39 is 0 Å². The van der Waals surface area contributed by atoms with E-state index in [2.05, 4.69) is 170 Å². The van der Waals surface area contributed by atoms with Crippen molar-refractivity contribution in [1.29, 1.82) is 0 Å². The van der Waals surface area contributed by atoms with Crippen molar-refractivity contribution < 1.29 is 24.5 Å². The largest absolute Gasteiger partial charge is 3.00 e. The number of benzene rings is 5. The van der Waals surface area contributed by atoms with Gasteiger partial charge in [-0.25, -0.2) is 4.98 Å². The standard InChI is InChI=1S/2C21H13N4.C21H12N3O.Ir/c2*1-3-7-20-17(5-1)18-6-2-4-8-21(18)25(20)16-9-10-24-19(11-16)15-12-22-14-23-13-15;1-3-16-17-5-2-9-24-21(17)25-20(16)18(4-1)19-13-15(8-12-23-19)14-6-10-22-11-7-14;/h2*1-12,14H;1-3,5-13H;/q3*-1;+3. The quantitative estimate of drug-likeness (QED) is 0.148. The van der Waals surface area contributed by atoms with Gasteiger partial charge in [-0.05, 0) is 107 Å². The number of para-hydroxylation sites is 4. The van der Waals surface area contributed by atoms with Crippen molar-refractivity contribution in [1.82, 2.24) is 54.0 Å². The molecule has 0 aliphatic carbocycles. The fourth-order valence-electron chi connectivity index (χ4n) is 9.65. The molecule has 76 heavy (non-hydrogen) atoms. The van der Waals surface area contributed by atoms with Gasteiger partial charge >= 0.3 is 20.1 Å². The van der Waals surface area contributed by atoms with Crippen LogP contribution in [-0.2, 0) is 20.1 Å². The zero-order valence-corrected chi connectivity index (χ0v) is 42.5. The van der Waals surface area contributed by atoms with Crippen LogP contribution in [0, 0.1) is 18.5 Å². The zero-order valence-electron chi connectivity index (χ0n) is 40.1. The molecule has 0 radical (unpaired) electrons. The van der Waals surface area contributed by atoms with Gasteiger partial charge in [0.05, 0.1) is 27.6 Å². The van der Waals surface area contributed by atoms with Crippen molar-refractivity contribution in [2.45, 2.75) is 0 Å². The monoisotopic (exact) mass is 1160 g/mol. The topological polar surface area (TPSA) is 139 Å². The number of furan rings is 1. The van der Waals surface area contributed by atoms with Gasteiger partial charge < -0.3 is 48.4 Å². The fraction of sp³-hybridized carbons (Fsp3) is 0. The van der Waals surface area contributed by atoms with Crippen molar-refractivity contribution in [3.8, 4) is 56.3 Å². The van der Waals surface area contributed by atoms with Gasteiger partial charge in [0.25, 0.3) is 0 Å². The van der Waals surface area contributed by atoms with Gasteiger partial charge in [0, 0.05) is 88.1 Å². The van der Waals surface area contributed by atoms with E-state index in [9.17, 15) is 0 Å². The fourth-order valence-corrected chi connectivity index (χ4v) is 9.65. The van der Waals surface area contributed by atoms with Crippen LogP contribution in [0.15, 0.2) is 237 Å². The van der Waals surface area contributed by atoms with E-state index in [1.54, 1.807) is 37.2 Å². The summed E-state index contributed by atoms with van der Waals surface area (Å²) < 4.78 is 10.5. The summed E-state index contributed by atoms with van der Waals surface area (Å²) in [5.74, 6) is 0. The van der Waals surface area contributed by atoms with Crippen LogP contribution in [0.3, 0.4) is 0 Å². The van der Waals surface area contributed by atoms with Gasteiger partial charge in [0.2, 0.25) is 5.71 Å². The molecule has 15 rings (SSSR count). The first-order valence-electron chi connectivity index (χ1n) is 24.0. The van der Waals surface area contributed by atoms with Gasteiger partial charge in [-0.3, -0.25) is 4.98 Å². The number of fused-ring (bicyclic) bond motifs is 9. The SMILES string of the molecule is [Ir+3].[c-]1ccc2c(oc3ncccc32)c1-c1cc(-c2ccncc2)ccn1.[c-]1ncncc1-c1cc(-n2c3ccccc3c3ccccc32)ccn1.[c-]1ncncc1-c1cc(-n2c3ccccc3c3ccccc32)ccn1. The summed E-state index contributed by atoms with van der Waals surface area (Å²) in [6.07, 6.45) is 23.0. The smallest absolute Gasteiger partial charge is 0.486 e. The molecule has 15 aromatic rings. The van der Waals surface area contributed by atoms with Gasteiger partial charge in [-0.2, -0.15) is 0 Å². The Labute approximate surface area is 448 Å². The summed E-state index contributed by atoms with van der Waals surface area (Å²) in [4.78, 5) is 37.9. The molecule has 0 saturated carbocycles. The summed E-state index contributed by atoms with van der Waals surface area (Å²) in [5, 5.41) is 6.99. The van der Waals surface area contributed by atoms with Crippen LogP contribution >= 0.6 is 0 Å². The molecule has 0 N–H and O–H groups in total. The van der Waals surface area contributed by atoms with Crippen LogP contribution < -0.4 is 0 Å². The molecule has 0 amide bonds. The number of hydrogen-bond donors (Lipinski definition) is 0. The van der Waals surface area contributed by atoms with E-state index in [1.165, 1.54) is 56.3 Å². The van der Waals surface area contributed by atoms with Crippen LogP contribution in [0.5, 0.6) is 0 Å². The second-order valence-corrected chi connectivity index (χ2v) is 17.4. The van der Waals surface area contributed by atoms with Crippen LogP contribution in [0.4, 0.5) is 0 Å². The van der Waals surface area contributed by atoms with E-state index in [1.807, 2.05) is 85.2 Å². The van der Waals surface area contributed by atoms with Crippen molar-refractivity contribution >= 4 is 65.7 Å². The molecular weight excluding hydrogens is 1120 g/mol. The number of pyridine rings is 5. The molecular formula is C63H38IrN11O. The first-order valence-corrected chi connectivity index (χ1v) is 24.0. The number of nitrogens with zero attached hydrogens (tertiary/aromatic N) is 11. The summed E-state index contributed by atoms with van der Waals surface area (Å²) in [6.45, 7) is 0. The van der Waals surface area contributed by atoms with E-state index in [0.717, 1.165) is 72.6 Å². The molecule has 0 aliphatic rings. The Bertz CT molecular complexity index is 4200. The molecule has 0 atom stereocenters. The van der Waals surface area contributed by atoms with Gasteiger partial charge in [-0.15, -0.1) is 18.2 Å². The Hall–Kier alpha value is -9.94. The summed E-state index contributed by atoms with van der Waals surface area (Å²) in [6, 6.07) is 61.0. The molecule has 10 aromatic heterocycles. The maximum atomic E-state index is 5.99. The van der Waals surface area contributed by atoms with Gasteiger partial charge in [-0.1, -0.05) is 125 Å². The van der Waals surface area contributed by atoms with Gasteiger partial charge in [0.15, 0.2) is 0 Å². The Kier molecular flexibility index (Phi) is 12.9. The van der Waals surface area contributed by atoms with Crippen LogP contribution in [-0.4, -0.2) is 54.0 Å². The Morgan fingerprint density at radius 1 is 0.395 bits per heavy atom. The van der Waals surface area contributed by atoms with E-state index >= 15 is 0 Å². The van der Waals surface area contributed by atoms with Crippen molar-refractivity contribution in [3.05, 3.63) is 251 Å². The second-order valence-electron chi connectivity index (χ2n) is 17.4. The third-order valence-corrected chi connectivity index (χ3v) is 13.0. The normalized spacial score (nSPS) is 11.1. The summed E-state index contributed by atoms with van der Waals surface area (Å²) in [7, 11) is 0. The molecule has 0 bridgehead atoms. The predicted molar refractivity (Wildman–Crippen MR) is 294 cm³/mol. The first kappa shape index (κ1) is 47.1. The third kappa shape index (κ3) is 8.91. The van der Waals surface area contributed by atoms with Crippen molar-refractivity contribution in [2.75, 3.05) is 0 Å². The average Bonchev–Trinajstić information content (AvgIpc) is 4.17. The summed E-state index contributed by atoms with van der Waals surface area (Å²) in [5.41, 5.74) is 15.2. The molecule has 5 aromatic carbocycles. The molecule has 0 unspecified atom stereocenters. The number of hydrogen-bond acceptors (Lipinski definition) is 10. The van der Waals surface area contributed by atoms with E-state index in [0.29, 0.717) is 5.71 Å². The van der Waals surface area contributed by atoms with Crippen LogP contribution in [0.1, 0.15) is 0 Å². The van der Waals surface area contributed by atoms with Crippen molar-refractivity contribution in [2.24, 2.45) is 0 Å². The average molecular weight is 1160 g/mol. The Balaban J connectivity index is 0.000000114. The van der Waals surface area contributed by atoms with Gasteiger partial charge in [0.1, 0.15) is 0 Å². The molecule has 10 heterocycles. The zero-order chi connectivity index (χ0) is 49.9. The predicted octanol–water partition coefficient (Wildman–Crippen LogP) is 13.8. The number of aromatic nitrogens is 11. The Morgan fingerprint density at radius 3 is 1.41 bits per heavy atom.